The largest absolute Gasteiger partial charge is 0.467 e. The molecule has 3 aromatic rings. The van der Waals surface area contributed by atoms with Gasteiger partial charge in [0.15, 0.2) is 0 Å². The Bertz CT molecular complexity index is 1160. The molecule has 2 aromatic carbocycles. The van der Waals surface area contributed by atoms with Crippen LogP contribution >= 0.6 is 11.6 Å². The molecule has 1 aliphatic rings. The molecule has 0 bridgehead atoms. The van der Waals surface area contributed by atoms with Gasteiger partial charge < -0.3 is 14.2 Å². The van der Waals surface area contributed by atoms with Crippen molar-refractivity contribution in [3.63, 3.8) is 0 Å². The zero-order chi connectivity index (χ0) is 24.8. The molecule has 8 heteroatoms. The summed E-state index contributed by atoms with van der Waals surface area (Å²) >= 11 is 5.95. The molecule has 0 radical (unpaired) electrons. The van der Waals surface area contributed by atoms with Gasteiger partial charge >= 0.3 is 0 Å². The second-order valence-electron chi connectivity index (χ2n) is 8.57. The Morgan fingerprint density at radius 3 is 2.46 bits per heavy atom. The fraction of sp³-hybridized carbons (Fsp3) is 0.296. The fourth-order valence-corrected chi connectivity index (χ4v) is 4.12. The van der Waals surface area contributed by atoms with Crippen LogP contribution in [0, 0.1) is 0 Å². The first-order valence-electron chi connectivity index (χ1n) is 11.7. The first-order chi connectivity index (χ1) is 16.9. The lowest BCUT2D eigenvalue weighted by Gasteiger charge is -2.24. The molecule has 0 saturated carbocycles. The Balaban J connectivity index is 1.47. The molecule has 1 aliphatic heterocycles. The minimum absolute atomic E-state index is 0.0453. The van der Waals surface area contributed by atoms with Crippen LogP contribution in [-0.2, 0) is 22.6 Å². The zero-order valence-corrected chi connectivity index (χ0v) is 20.4. The van der Waals surface area contributed by atoms with E-state index < -0.39 is 0 Å². The number of aryl methyl sites for hydroxylation is 1. The van der Waals surface area contributed by atoms with E-state index in [1.54, 1.807) is 48.5 Å². The lowest BCUT2D eigenvalue weighted by atomic mass is 10.1. The summed E-state index contributed by atoms with van der Waals surface area (Å²) in [4.78, 5) is 43.5. The quantitative estimate of drug-likeness (QED) is 0.431. The summed E-state index contributed by atoms with van der Waals surface area (Å²) in [6.07, 6.45) is 4.69. The molecule has 0 spiro atoms. The van der Waals surface area contributed by atoms with Gasteiger partial charge in [0.05, 0.1) is 12.8 Å². The number of halogens is 1. The highest BCUT2D eigenvalue weighted by molar-refractivity contribution is 6.30. The monoisotopic (exact) mass is 493 g/mol. The van der Waals surface area contributed by atoms with E-state index in [0.29, 0.717) is 22.0 Å². The van der Waals surface area contributed by atoms with Gasteiger partial charge in [0.2, 0.25) is 11.8 Å². The van der Waals surface area contributed by atoms with E-state index in [0.717, 1.165) is 19.3 Å². The van der Waals surface area contributed by atoms with Crippen LogP contribution in [0.5, 0.6) is 0 Å². The number of carbonyl (C=O) groups excluding carboxylic acids is 3. The zero-order valence-electron chi connectivity index (χ0n) is 19.7. The molecule has 7 nitrogen and oxygen atoms in total. The molecule has 1 saturated heterocycles. The number of furan rings is 1. The van der Waals surface area contributed by atoms with Gasteiger partial charge in [-0.25, -0.2) is 0 Å². The fourth-order valence-electron chi connectivity index (χ4n) is 3.99. The van der Waals surface area contributed by atoms with Gasteiger partial charge in [0.1, 0.15) is 25.5 Å². The minimum atomic E-state index is -0.311. The van der Waals surface area contributed by atoms with E-state index in [-0.39, 0.29) is 44.0 Å². The van der Waals surface area contributed by atoms with Crippen LogP contribution in [0.15, 0.2) is 71.3 Å². The van der Waals surface area contributed by atoms with E-state index in [4.69, 9.17) is 16.0 Å². The van der Waals surface area contributed by atoms with Crippen LogP contribution in [0.25, 0.3) is 0 Å². The number of amides is 3. The van der Waals surface area contributed by atoms with Crippen molar-refractivity contribution in [2.75, 3.05) is 24.7 Å². The number of anilines is 1. The summed E-state index contributed by atoms with van der Waals surface area (Å²) in [5.41, 5.74) is 2.35. The third kappa shape index (κ3) is 6.11. The second kappa shape index (κ2) is 11.2. The predicted octanol–water partition coefficient (Wildman–Crippen LogP) is 4.75. The third-order valence-corrected chi connectivity index (χ3v) is 6.24. The number of unbranched alkanes of at least 4 members (excludes halogenated alkanes) is 1. The van der Waals surface area contributed by atoms with Crippen LogP contribution in [0.4, 0.5) is 5.69 Å². The van der Waals surface area contributed by atoms with Gasteiger partial charge in [-0.1, -0.05) is 37.1 Å². The molecule has 4 rings (SSSR count). The normalized spacial score (nSPS) is 13.4. The first kappa shape index (κ1) is 24.5. The molecule has 0 unspecified atom stereocenters. The van der Waals surface area contributed by atoms with Gasteiger partial charge in [0.25, 0.3) is 5.91 Å². The van der Waals surface area contributed by atoms with Crippen molar-refractivity contribution in [3.8, 4) is 0 Å². The van der Waals surface area contributed by atoms with Crippen LogP contribution < -0.4 is 4.90 Å². The summed E-state index contributed by atoms with van der Waals surface area (Å²) < 4.78 is 5.43. The lowest BCUT2D eigenvalue weighted by molar-refractivity contribution is -0.132. The Labute approximate surface area is 209 Å². The number of rotatable bonds is 9. The number of benzene rings is 2. The molecule has 35 heavy (non-hydrogen) atoms. The summed E-state index contributed by atoms with van der Waals surface area (Å²) in [7, 11) is 0. The lowest BCUT2D eigenvalue weighted by Crippen LogP contribution is -2.42. The van der Waals surface area contributed by atoms with Gasteiger partial charge in [-0.3, -0.25) is 19.3 Å². The molecule has 1 aromatic heterocycles. The molecule has 0 N–H and O–H groups in total. The maximum Gasteiger partial charge on any atom is 0.254 e. The average Bonchev–Trinajstić information content (AvgIpc) is 3.52. The summed E-state index contributed by atoms with van der Waals surface area (Å²) in [6, 6.07) is 17.9. The molecular weight excluding hydrogens is 466 g/mol. The van der Waals surface area contributed by atoms with Crippen LogP contribution in [-0.4, -0.2) is 47.3 Å². The van der Waals surface area contributed by atoms with Gasteiger partial charge in [-0.2, -0.15) is 0 Å². The maximum absolute atomic E-state index is 13.4. The molecule has 2 heterocycles. The average molecular weight is 494 g/mol. The second-order valence-corrected chi connectivity index (χ2v) is 9.01. The van der Waals surface area contributed by atoms with Crippen molar-refractivity contribution in [2.45, 2.75) is 32.7 Å². The Hall–Kier alpha value is -3.58. The molecular formula is C27H28ClN3O4. The van der Waals surface area contributed by atoms with E-state index in [9.17, 15) is 14.4 Å². The standard InChI is InChI=1S/C27H28ClN3O4/c1-2-3-5-20-7-9-21(10-8-20)27(34)29(16-24-6-4-15-35-24)17-25(32)30-18-26(33)31(19-30)23-13-11-22(28)12-14-23/h4,6-15H,2-3,5,16-19H2,1H3. The number of carbonyl (C=O) groups is 3. The van der Waals surface area contributed by atoms with Gasteiger partial charge in [0, 0.05) is 16.3 Å². The van der Waals surface area contributed by atoms with Crippen molar-refractivity contribution in [3.05, 3.63) is 88.8 Å². The van der Waals surface area contributed by atoms with Gasteiger partial charge in [-0.05, 0) is 66.9 Å². The summed E-state index contributed by atoms with van der Waals surface area (Å²) in [5.74, 6) is -0.190. The minimum Gasteiger partial charge on any atom is -0.467 e. The number of nitrogens with zero attached hydrogens (tertiary/aromatic N) is 3. The van der Waals surface area contributed by atoms with E-state index in [1.807, 2.05) is 12.1 Å². The SMILES string of the molecule is CCCCc1ccc(C(=O)N(CC(=O)N2CC(=O)N(c3ccc(Cl)cc3)C2)Cc2ccco2)cc1. The van der Waals surface area contributed by atoms with E-state index in [2.05, 4.69) is 6.92 Å². The number of hydrogen-bond acceptors (Lipinski definition) is 4. The summed E-state index contributed by atoms with van der Waals surface area (Å²) in [6.45, 7) is 2.20. The van der Waals surface area contributed by atoms with E-state index >= 15 is 0 Å². The van der Waals surface area contributed by atoms with Crippen molar-refractivity contribution in [1.82, 2.24) is 9.80 Å². The van der Waals surface area contributed by atoms with Crippen LogP contribution in [0.1, 0.15) is 41.4 Å². The Kier molecular flexibility index (Phi) is 7.87. The van der Waals surface area contributed by atoms with Crippen molar-refractivity contribution in [2.24, 2.45) is 0 Å². The van der Waals surface area contributed by atoms with Crippen LogP contribution in [0.2, 0.25) is 5.02 Å². The first-order valence-corrected chi connectivity index (χ1v) is 12.1. The molecule has 0 aliphatic carbocycles. The third-order valence-electron chi connectivity index (χ3n) is 5.99. The van der Waals surface area contributed by atoms with Crippen LogP contribution in [0.3, 0.4) is 0 Å². The molecule has 1 fully saturated rings. The van der Waals surface area contributed by atoms with Crippen molar-refractivity contribution < 1.29 is 18.8 Å². The molecule has 3 amide bonds. The Morgan fingerprint density at radius 2 is 1.80 bits per heavy atom. The topological polar surface area (TPSA) is 74.1 Å². The smallest absolute Gasteiger partial charge is 0.254 e. The Morgan fingerprint density at radius 1 is 1.06 bits per heavy atom. The maximum atomic E-state index is 13.4. The highest BCUT2D eigenvalue weighted by Gasteiger charge is 2.33. The van der Waals surface area contributed by atoms with Gasteiger partial charge in [-0.15, -0.1) is 0 Å². The highest BCUT2D eigenvalue weighted by atomic mass is 35.5. The number of hydrogen-bond donors (Lipinski definition) is 0. The summed E-state index contributed by atoms with van der Waals surface area (Å²) in [5, 5.41) is 0.568. The van der Waals surface area contributed by atoms with E-state index in [1.165, 1.54) is 26.5 Å². The predicted molar refractivity (Wildman–Crippen MR) is 134 cm³/mol. The molecule has 182 valence electrons. The van der Waals surface area contributed by atoms with Crippen molar-refractivity contribution in [1.29, 1.82) is 0 Å². The van der Waals surface area contributed by atoms with Crippen molar-refractivity contribution >= 4 is 35.0 Å². The molecule has 0 atom stereocenters. The highest BCUT2D eigenvalue weighted by Crippen LogP contribution is 2.22.